The van der Waals surface area contributed by atoms with E-state index in [-0.39, 0.29) is 6.04 Å². The first-order chi connectivity index (χ1) is 8.47. The SMILES string of the molecule is CC1CN(Cc2cc(F)c(F)c(F)c2)CCC1N. The van der Waals surface area contributed by atoms with Crippen LogP contribution < -0.4 is 5.73 Å². The summed E-state index contributed by atoms with van der Waals surface area (Å²) in [4.78, 5) is 2.08. The quantitative estimate of drug-likeness (QED) is 0.825. The van der Waals surface area contributed by atoms with Crippen molar-refractivity contribution in [2.75, 3.05) is 13.1 Å². The van der Waals surface area contributed by atoms with Gasteiger partial charge in [0.2, 0.25) is 0 Å². The lowest BCUT2D eigenvalue weighted by Gasteiger charge is -2.35. The maximum atomic E-state index is 13.1. The van der Waals surface area contributed by atoms with Crippen molar-refractivity contribution in [3.8, 4) is 0 Å². The smallest absolute Gasteiger partial charge is 0.194 e. The van der Waals surface area contributed by atoms with Crippen molar-refractivity contribution in [3.63, 3.8) is 0 Å². The number of nitrogens with zero attached hydrogens (tertiary/aromatic N) is 1. The Bertz CT molecular complexity index is 413. The van der Waals surface area contributed by atoms with Crippen molar-refractivity contribution in [2.45, 2.75) is 25.9 Å². The second kappa shape index (κ2) is 5.28. The highest BCUT2D eigenvalue weighted by molar-refractivity contribution is 5.19. The lowest BCUT2D eigenvalue weighted by molar-refractivity contribution is 0.157. The number of rotatable bonds is 2. The van der Waals surface area contributed by atoms with Crippen LogP contribution in [0.3, 0.4) is 0 Å². The van der Waals surface area contributed by atoms with E-state index in [2.05, 4.69) is 11.8 Å². The Morgan fingerprint density at radius 1 is 1.28 bits per heavy atom. The molecule has 1 aromatic carbocycles. The summed E-state index contributed by atoms with van der Waals surface area (Å²) in [5, 5.41) is 0. The highest BCUT2D eigenvalue weighted by Gasteiger charge is 2.23. The maximum absolute atomic E-state index is 13.1. The van der Waals surface area contributed by atoms with Gasteiger partial charge in [-0.3, -0.25) is 4.90 Å². The summed E-state index contributed by atoms with van der Waals surface area (Å²) >= 11 is 0. The van der Waals surface area contributed by atoms with Gasteiger partial charge in [0, 0.05) is 19.1 Å². The molecule has 2 nitrogen and oxygen atoms in total. The van der Waals surface area contributed by atoms with Gasteiger partial charge < -0.3 is 5.73 Å². The maximum Gasteiger partial charge on any atom is 0.194 e. The lowest BCUT2D eigenvalue weighted by Crippen LogP contribution is -2.45. The summed E-state index contributed by atoms with van der Waals surface area (Å²) in [5.74, 6) is -3.32. The minimum Gasteiger partial charge on any atom is -0.327 e. The Labute approximate surface area is 105 Å². The summed E-state index contributed by atoms with van der Waals surface area (Å²) in [6.45, 7) is 4.07. The van der Waals surface area contributed by atoms with Gasteiger partial charge in [0.15, 0.2) is 17.5 Å². The van der Waals surface area contributed by atoms with Crippen LogP contribution in [0.4, 0.5) is 13.2 Å². The second-order valence-electron chi connectivity index (χ2n) is 5.04. The average Bonchev–Trinajstić information content (AvgIpc) is 2.31. The van der Waals surface area contributed by atoms with E-state index in [1.54, 1.807) is 0 Å². The van der Waals surface area contributed by atoms with E-state index in [4.69, 9.17) is 5.73 Å². The molecule has 18 heavy (non-hydrogen) atoms. The third-order valence-corrected chi connectivity index (χ3v) is 3.51. The minimum atomic E-state index is -1.41. The first-order valence-electron chi connectivity index (χ1n) is 6.08. The Morgan fingerprint density at radius 3 is 2.44 bits per heavy atom. The molecule has 1 aliphatic rings. The van der Waals surface area contributed by atoms with Gasteiger partial charge in [-0.25, -0.2) is 13.2 Å². The van der Waals surface area contributed by atoms with Gasteiger partial charge in [-0.05, 0) is 36.6 Å². The van der Waals surface area contributed by atoms with Crippen molar-refractivity contribution in [1.29, 1.82) is 0 Å². The molecule has 0 spiro atoms. The number of nitrogens with two attached hydrogens (primary N) is 1. The van der Waals surface area contributed by atoms with Crippen LogP contribution in [-0.4, -0.2) is 24.0 Å². The molecule has 0 radical (unpaired) electrons. The summed E-state index contributed by atoms with van der Waals surface area (Å²) in [7, 11) is 0. The molecular formula is C13H17F3N2. The van der Waals surface area contributed by atoms with Gasteiger partial charge in [-0.2, -0.15) is 0 Å². The topological polar surface area (TPSA) is 29.3 Å². The van der Waals surface area contributed by atoms with Crippen molar-refractivity contribution < 1.29 is 13.2 Å². The van der Waals surface area contributed by atoms with E-state index < -0.39 is 17.5 Å². The van der Waals surface area contributed by atoms with Crippen LogP contribution in [-0.2, 0) is 6.54 Å². The first kappa shape index (κ1) is 13.4. The average molecular weight is 258 g/mol. The predicted octanol–water partition coefficient (Wildman–Crippen LogP) is 2.27. The molecule has 1 heterocycles. The third kappa shape index (κ3) is 2.84. The van der Waals surface area contributed by atoms with Gasteiger partial charge in [0.05, 0.1) is 0 Å². The lowest BCUT2D eigenvalue weighted by atomic mass is 9.94. The highest BCUT2D eigenvalue weighted by Crippen LogP contribution is 2.19. The van der Waals surface area contributed by atoms with Crippen molar-refractivity contribution >= 4 is 0 Å². The molecule has 1 saturated heterocycles. The Morgan fingerprint density at radius 2 is 1.89 bits per heavy atom. The molecular weight excluding hydrogens is 241 g/mol. The van der Waals surface area contributed by atoms with Crippen LogP contribution >= 0.6 is 0 Å². The molecule has 100 valence electrons. The molecule has 5 heteroatoms. The van der Waals surface area contributed by atoms with E-state index in [0.717, 1.165) is 31.6 Å². The van der Waals surface area contributed by atoms with Crippen molar-refractivity contribution in [2.24, 2.45) is 11.7 Å². The monoisotopic (exact) mass is 258 g/mol. The zero-order valence-corrected chi connectivity index (χ0v) is 10.3. The van der Waals surface area contributed by atoms with Gasteiger partial charge in [0.1, 0.15) is 0 Å². The van der Waals surface area contributed by atoms with Crippen LogP contribution in [0.25, 0.3) is 0 Å². The van der Waals surface area contributed by atoms with E-state index in [1.165, 1.54) is 0 Å². The molecule has 2 N–H and O–H groups in total. The number of piperidine rings is 1. The molecule has 0 aromatic heterocycles. The largest absolute Gasteiger partial charge is 0.327 e. The van der Waals surface area contributed by atoms with Crippen LogP contribution in [0.15, 0.2) is 12.1 Å². The summed E-state index contributed by atoms with van der Waals surface area (Å²) in [5.41, 5.74) is 6.36. The highest BCUT2D eigenvalue weighted by atomic mass is 19.2. The molecule has 0 bridgehead atoms. The zero-order valence-electron chi connectivity index (χ0n) is 10.3. The molecule has 1 fully saturated rings. The van der Waals surface area contributed by atoms with E-state index in [0.29, 0.717) is 18.0 Å². The fourth-order valence-corrected chi connectivity index (χ4v) is 2.35. The normalized spacial score (nSPS) is 25.4. The number of benzene rings is 1. The Kier molecular flexibility index (Phi) is 3.92. The molecule has 2 atom stereocenters. The molecule has 1 aromatic rings. The zero-order chi connectivity index (χ0) is 13.3. The Hall–Kier alpha value is -1.07. The van der Waals surface area contributed by atoms with E-state index in [9.17, 15) is 13.2 Å². The number of hydrogen-bond acceptors (Lipinski definition) is 2. The van der Waals surface area contributed by atoms with E-state index in [1.807, 2.05) is 0 Å². The van der Waals surface area contributed by atoms with Crippen LogP contribution in [0.5, 0.6) is 0 Å². The molecule has 2 unspecified atom stereocenters. The van der Waals surface area contributed by atoms with Crippen LogP contribution in [0.1, 0.15) is 18.9 Å². The fraction of sp³-hybridized carbons (Fsp3) is 0.538. The van der Waals surface area contributed by atoms with Gasteiger partial charge in [-0.15, -0.1) is 0 Å². The fourth-order valence-electron chi connectivity index (χ4n) is 2.35. The number of halogens is 3. The summed E-state index contributed by atoms with van der Waals surface area (Å²) in [6, 6.07) is 2.29. The van der Waals surface area contributed by atoms with Gasteiger partial charge >= 0.3 is 0 Å². The molecule has 0 aliphatic carbocycles. The summed E-state index contributed by atoms with van der Waals surface area (Å²) < 4.78 is 39.0. The predicted molar refractivity (Wildman–Crippen MR) is 63.3 cm³/mol. The molecule has 0 saturated carbocycles. The number of likely N-dealkylation sites (tertiary alicyclic amines) is 1. The van der Waals surface area contributed by atoms with Crippen LogP contribution in [0.2, 0.25) is 0 Å². The third-order valence-electron chi connectivity index (χ3n) is 3.51. The number of hydrogen-bond donors (Lipinski definition) is 1. The van der Waals surface area contributed by atoms with Crippen LogP contribution in [0, 0.1) is 23.4 Å². The minimum absolute atomic E-state index is 0.183. The Balaban J connectivity index is 2.06. The molecule has 1 aliphatic heterocycles. The first-order valence-corrected chi connectivity index (χ1v) is 6.08. The van der Waals surface area contributed by atoms with Gasteiger partial charge in [0.25, 0.3) is 0 Å². The van der Waals surface area contributed by atoms with E-state index >= 15 is 0 Å². The standard InChI is InChI=1S/C13H17F3N2/c1-8-6-18(3-2-12(8)17)7-9-4-10(14)13(16)11(15)5-9/h4-5,8,12H,2-3,6-7,17H2,1H3. The second-order valence-corrected chi connectivity index (χ2v) is 5.04. The van der Waals surface area contributed by atoms with Crippen molar-refractivity contribution in [3.05, 3.63) is 35.1 Å². The van der Waals surface area contributed by atoms with Gasteiger partial charge in [-0.1, -0.05) is 6.92 Å². The van der Waals surface area contributed by atoms with Crippen molar-refractivity contribution in [1.82, 2.24) is 4.90 Å². The molecule has 0 amide bonds. The molecule has 2 rings (SSSR count). The summed E-state index contributed by atoms with van der Waals surface area (Å²) in [6.07, 6.45) is 0.868.